The van der Waals surface area contributed by atoms with Gasteiger partial charge in [0.1, 0.15) is 11.8 Å². The maximum atomic E-state index is 5.52. The lowest BCUT2D eigenvalue weighted by atomic mass is 10.1. The Labute approximate surface area is 113 Å². The summed E-state index contributed by atoms with van der Waals surface area (Å²) in [4.78, 5) is 8.95. The van der Waals surface area contributed by atoms with E-state index in [-0.39, 0.29) is 0 Å². The van der Waals surface area contributed by atoms with E-state index in [2.05, 4.69) is 25.9 Å². The summed E-state index contributed by atoms with van der Waals surface area (Å²) in [5, 5.41) is 1.77. The van der Waals surface area contributed by atoms with E-state index in [0.717, 1.165) is 33.1 Å². The molecule has 0 saturated heterocycles. The van der Waals surface area contributed by atoms with Crippen molar-refractivity contribution in [1.29, 1.82) is 0 Å². The molecule has 18 heavy (non-hydrogen) atoms. The van der Waals surface area contributed by atoms with Gasteiger partial charge in [0.15, 0.2) is 5.82 Å². The van der Waals surface area contributed by atoms with Crippen LogP contribution in [0.25, 0.3) is 22.4 Å². The van der Waals surface area contributed by atoms with Crippen LogP contribution < -0.4 is 0 Å². The highest BCUT2D eigenvalue weighted by atomic mass is 79.9. The lowest BCUT2D eigenvalue weighted by Gasteiger charge is -2.03. The summed E-state index contributed by atoms with van der Waals surface area (Å²) < 4.78 is 5.52. The number of halogens is 1. The topological polar surface area (TPSA) is 38.9 Å². The van der Waals surface area contributed by atoms with Crippen molar-refractivity contribution < 1.29 is 4.42 Å². The molecule has 0 N–H and O–H groups in total. The molecule has 3 rings (SSSR count). The number of furan rings is 1. The summed E-state index contributed by atoms with van der Waals surface area (Å²) in [6.07, 6.45) is 3.56. The summed E-state index contributed by atoms with van der Waals surface area (Å²) in [5.41, 5.74) is 3.89. The Morgan fingerprint density at radius 3 is 2.94 bits per heavy atom. The van der Waals surface area contributed by atoms with Crippen molar-refractivity contribution >= 4 is 26.9 Å². The van der Waals surface area contributed by atoms with Gasteiger partial charge in [0.2, 0.25) is 0 Å². The fourth-order valence-electron chi connectivity index (χ4n) is 1.89. The SMILES string of the molecule is Cc1cnc(-c2coc3ccccc23)nc1CBr. The van der Waals surface area contributed by atoms with Gasteiger partial charge in [-0.3, -0.25) is 0 Å². The van der Waals surface area contributed by atoms with Gasteiger partial charge >= 0.3 is 0 Å². The van der Waals surface area contributed by atoms with Gasteiger partial charge in [0, 0.05) is 16.9 Å². The number of fused-ring (bicyclic) bond motifs is 1. The van der Waals surface area contributed by atoms with Crippen LogP contribution in [0.3, 0.4) is 0 Å². The molecule has 0 saturated carbocycles. The molecule has 0 aliphatic heterocycles. The monoisotopic (exact) mass is 302 g/mol. The molecule has 0 aliphatic carbocycles. The van der Waals surface area contributed by atoms with Crippen LogP contribution in [-0.2, 0) is 5.33 Å². The van der Waals surface area contributed by atoms with Crippen molar-refractivity contribution in [2.75, 3.05) is 0 Å². The second-order valence-corrected chi connectivity index (χ2v) is 4.66. The number of aromatic nitrogens is 2. The van der Waals surface area contributed by atoms with Gasteiger partial charge in [-0.25, -0.2) is 9.97 Å². The number of hydrogen-bond donors (Lipinski definition) is 0. The molecule has 90 valence electrons. The highest BCUT2D eigenvalue weighted by Gasteiger charge is 2.11. The van der Waals surface area contributed by atoms with E-state index in [4.69, 9.17) is 4.42 Å². The van der Waals surface area contributed by atoms with Crippen molar-refractivity contribution in [3.05, 3.63) is 48.0 Å². The number of hydrogen-bond acceptors (Lipinski definition) is 3. The average molecular weight is 303 g/mol. The Bertz CT molecular complexity index is 706. The molecule has 3 nitrogen and oxygen atoms in total. The van der Waals surface area contributed by atoms with E-state index in [9.17, 15) is 0 Å². The maximum absolute atomic E-state index is 5.52. The Morgan fingerprint density at radius 2 is 2.11 bits per heavy atom. The fourth-order valence-corrected chi connectivity index (χ4v) is 2.46. The first-order valence-electron chi connectivity index (χ1n) is 5.64. The molecule has 0 amide bonds. The van der Waals surface area contributed by atoms with E-state index in [0.29, 0.717) is 5.82 Å². The number of aryl methyl sites for hydroxylation is 1. The maximum Gasteiger partial charge on any atom is 0.163 e. The van der Waals surface area contributed by atoms with Crippen LogP contribution >= 0.6 is 15.9 Å². The minimum absolute atomic E-state index is 0.708. The van der Waals surface area contributed by atoms with Gasteiger partial charge in [-0.2, -0.15) is 0 Å². The molecule has 2 aromatic heterocycles. The normalized spacial score (nSPS) is 11.0. The molecule has 3 aromatic rings. The Kier molecular flexibility index (Phi) is 2.88. The molecule has 1 aromatic carbocycles. The summed E-state index contributed by atoms with van der Waals surface area (Å²) >= 11 is 3.44. The third-order valence-electron chi connectivity index (χ3n) is 2.92. The number of benzene rings is 1. The van der Waals surface area contributed by atoms with E-state index >= 15 is 0 Å². The van der Waals surface area contributed by atoms with Crippen molar-refractivity contribution in [3.63, 3.8) is 0 Å². The highest BCUT2D eigenvalue weighted by molar-refractivity contribution is 9.08. The van der Waals surface area contributed by atoms with Crippen LogP contribution in [0.2, 0.25) is 0 Å². The zero-order chi connectivity index (χ0) is 12.5. The molecule has 0 fully saturated rings. The molecule has 2 heterocycles. The predicted octanol–water partition coefficient (Wildman–Crippen LogP) is 4.09. The predicted molar refractivity (Wildman–Crippen MR) is 74.6 cm³/mol. The van der Waals surface area contributed by atoms with Gasteiger partial charge in [0.05, 0.1) is 11.3 Å². The fraction of sp³-hybridized carbons (Fsp3) is 0.143. The number of alkyl halides is 1. The number of nitrogens with zero attached hydrogens (tertiary/aromatic N) is 2. The smallest absolute Gasteiger partial charge is 0.163 e. The van der Waals surface area contributed by atoms with Crippen LogP contribution in [0, 0.1) is 6.92 Å². The molecule has 0 aliphatic rings. The first-order chi connectivity index (χ1) is 8.79. The van der Waals surface area contributed by atoms with Crippen LogP contribution in [0.4, 0.5) is 0 Å². The summed E-state index contributed by atoms with van der Waals surface area (Å²) in [6.45, 7) is 2.01. The standard InChI is InChI=1S/C14H11BrN2O/c1-9-7-16-14(17-12(9)6-15)11-8-18-13-5-3-2-4-10(11)13/h2-5,7-8H,6H2,1H3. The molecule has 4 heteroatoms. The molecule has 0 bridgehead atoms. The van der Waals surface area contributed by atoms with Gasteiger partial charge < -0.3 is 4.42 Å². The Hall–Kier alpha value is -1.68. The lowest BCUT2D eigenvalue weighted by molar-refractivity contribution is 0.616. The van der Waals surface area contributed by atoms with E-state index in [1.807, 2.05) is 37.4 Å². The van der Waals surface area contributed by atoms with Gasteiger partial charge in [0.25, 0.3) is 0 Å². The van der Waals surface area contributed by atoms with Crippen LogP contribution in [0.1, 0.15) is 11.3 Å². The van der Waals surface area contributed by atoms with Gasteiger partial charge in [-0.15, -0.1) is 0 Å². The average Bonchev–Trinajstić information content (AvgIpc) is 2.83. The van der Waals surface area contributed by atoms with Crippen LogP contribution in [-0.4, -0.2) is 9.97 Å². The Balaban J connectivity index is 2.20. The zero-order valence-electron chi connectivity index (χ0n) is 9.85. The van der Waals surface area contributed by atoms with Crippen molar-refractivity contribution in [2.45, 2.75) is 12.3 Å². The third-order valence-corrected chi connectivity index (χ3v) is 3.46. The summed E-state index contributed by atoms with van der Waals surface area (Å²) in [5.74, 6) is 0.708. The van der Waals surface area contributed by atoms with Gasteiger partial charge in [-0.1, -0.05) is 34.1 Å². The first kappa shape index (κ1) is 11.4. The Morgan fingerprint density at radius 1 is 1.28 bits per heavy atom. The van der Waals surface area contributed by atoms with E-state index in [1.165, 1.54) is 0 Å². The molecule has 0 unspecified atom stereocenters. The third kappa shape index (κ3) is 1.82. The minimum atomic E-state index is 0.708. The molecular weight excluding hydrogens is 292 g/mol. The van der Waals surface area contributed by atoms with Crippen LogP contribution in [0.15, 0.2) is 41.1 Å². The van der Waals surface area contributed by atoms with Crippen molar-refractivity contribution in [1.82, 2.24) is 9.97 Å². The van der Waals surface area contributed by atoms with E-state index < -0.39 is 0 Å². The largest absolute Gasteiger partial charge is 0.464 e. The minimum Gasteiger partial charge on any atom is -0.464 e. The lowest BCUT2D eigenvalue weighted by Crippen LogP contribution is -1.96. The van der Waals surface area contributed by atoms with Crippen LogP contribution in [0.5, 0.6) is 0 Å². The molecule has 0 spiro atoms. The first-order valence-corrected chi connectivity index (χ1v) is 6.77. The summed E-state index contributed by atoms with van der Waals surface area (Å²) in [6, 6.07) is 7.90. The molecule has 0 atom stereocenters. The second-order valence-electron chi connectivity index (χ2n) is 4.10. The van der Waals surface area contributed by atoms with Crippen molar-refractivity contribution in [3.8, 4) is 11.4 Å². The van der Waals surface area contributed by atoms with E-state index in [1.54, 1.807) is 6.26 Å². The van der Waals surface area contributed by atoms with Gasteiger partial charge in [-0.05, 0) is 18.6 Å². The number of para-hydroxylation sites is 1. The quantitative estimate of drug-likeness (QED) is 0.669. The number of rotatable bonds is 2. The molecular formula is C14H11BrN2O. The van der Waals surface area contributed by atoms with Crippen molar-refractivity contribution in [2.24, 2.45) is 0 Å². The molecule has 0 radical (unpaired) electrons. The highest BCUT2D eigenvalue weighted by Crippen LogP contribution is 2.28. The summed E-state index contributed by atoms with van der Waals surface area (Å²) in [7, 11) is 0. The zero-order valence-corrected chi connectivity index (χ0v) is 11.4. The second kappa shape index (κ2) is 4.53.